The number of anilines is 1. The highest BCUT2D eigenvalue weighted by molar-refractivity contribution is 5.92. The van der Waals surface area contributed by atoms with Crippen LogP contribution in [0.2, 0.25) is 0 Å². The van der Waals surface area contributed by atoms with E-state index in [2.05, 4.69) is 10.2 Å². The lowest BCUT2D eigenvalue weighted by Crippen LogP contribution is -2.49. The summed E-state index contributed by atoms with van der Waals surface area (Å²) < 4.78 is 12.9. The van der Waals surface area contributed by atoms with Crippen LogP contribution in [0.1, 0.15) is 39.0 Å². The van der Waals surface area contributed by atoms with Crippen LogP contribution in [0.3, 0.4) is 0 Å². The van der Waals surface area contributed by atoms with E-state index < -0.39 is 0 Å². The number of carbonyl (C=O) groups is 2. The van der Waals surface area contributed by atoms with Crippen LogP contribution in [0.5, 0.6) is 0 Å². The highest BCUT2D eigenvalue weighted by Gasteiger charge is 2.31. The Balaban J connectivity index is 1.43. The van der Waals surface area contributed by atoms with Gasteiger partial charge in [0.05, 0.1) is 0 Å². The second-order valence-electron chi connectivity index (χ2n) is 7.27. The lowest BCUT2D eigenvalue weighted by atomic mass is 9.92. The topological polar surface area (TPSA) is 52.7 Å². The second-order valence-corrected chi connectivity index (χ2v) is 7.27. The Morgan fingerprint density at radius 1 is 1.04 bits per heavy atom. The van der Waals surface area contributed by atoms with E-state index >= 15 is 0 Å². The smallest absolute Gasteiger partial charge is 0.227 e. The number of nitrogens with zero attached hydrogens (tertiary/aromatic N) is 2. The van der Waals surface area contributed by atoms with Gasteiger partial charge in [-0.2, -0.15) is 0 Å². The van der Waals surface area contributed by atoms with Gasteiger partial charge in [0, 0.05) is 37.2 Å². The van der Waals surface area contributed by atoms with Crippen molar-refractivity contribution in [2.24, 2.45) is 5.92 Å². The molecule has 0 atom stereocenters. The average Bonchev–Trinajstić information content (AvgIpc) is 2.69. The molecule has 26 heavy (non-hydrogen) atoms. The number of amides is 2. The fraction of sp³-hybridized carbons (Fsp3) is 0.600. The van der Waals surface area contributed by atoms with E-state index in [9.17, 15) is 14.0 Å². The first-order chi connectivity index (χ1) is 12.6. The van der Waals surface area contributed by atoms with Gasteiger partial charge in [0.2, 0.25) is 11.8 Å². The molecule has 142 valence electrons. The van der Waals surface area contributed by atoms with Crippen molar-refractivity contribution in [2.75, 3.05) is 31.5 Å². The molecule has 5 nitrogen and oxygen atoms in total. The van der Waals surface area contributed by atoms with Gasteiger partial charge in [-0.25, -0.2) is 4.39 Å². The summed E-state index contributed by atoms with van der Waals surface area (Å²) >= 11 is 0. The van der Waals surface area contributed by atoms with E-state index in [1.807, 2.05) is 11.8 Å². The molecule has 2 saturated heterocycles. The van der Waals surface area contributed by atoms with E-state index in [0.717, 1.165) is 51.9 Å². The first-order valence-electron chi connectivity index (χ1n) is 9.65. The number of benzene rings is 1. The highest BCUT2D eigenvalue weighted by atomic mass is 19.1. The lowest BCUT2D eigenvalue weighted by Gasteiger charge is -2.41. The molecule has 0 aliphatic carbocycles. The molecule has 1 aromatic rings. The standard InChI is InChI=1S/C20H28FN3O2/c1-2-19(25)24-13-9-18(10-14-24)23-11-7-15(8-12-23)20(26)22-17-5-3-16(21)4-6-17/h3-6,15,18H,2,7-14H2,1H3,(H,22,26). The summed E-state index contributed by atoms with van der Waals surface area (Å²) in [6.45, 7) is 5.46. The first-order valence-corrected chi connectivity index (χ1v) is 9.65. The molecule has 0 bridgehead atoms. The zero-order valence-electron chi connectivity index (χ0n) is 15.4. The van der Waals surface area contributed by atoms with Crippen LogP contribution < -0.4 is 5.32 Å². The van der Waals surface area contributed by atoms with E-state index in [4.69, 9.17) is 0 Å². The number of hydrogen-bond donors (Lipinski definition) is 1. The average molecular weight is 361 g/mol. The van der Waals surface area contributed by atoms with Crippen molar-refractivity contribution in [1.29, 1.82) is 0 Å². The van der Waals surface area contributed by atoms with Crippen LogP contribution in [0.25, 0.3) is 0 Å². The lowest BCUT2D eigenvalue weighted by molar-refractivity contribution is -0.132. The Morgan fingerprint density at radius 3 is 2.23 bits per heavy atom. The van der Waals surface area contributed by atoms with Crippen molar-refractivity contribution in [2.45, 2.75) is 45.1 Å². The van der Waals surface area contributed by atoms with Crippen LogP contribution >= 0.6 is 0 Å². The fourth-order valence-corrected chi connectivity index (χ4v) is 4.01. The van der Waals surface area contributed by atoms with Gasteiger partial charge in [0.25, 0.3) is 0 Å². The van der Waals surface area contributed by atoms with E-state index in [0.29, 0.717) is 18.2 Å². The number of halogens is 1. The van der Waals surface area contributed by atoms with Gasteiger partial charge >= 0.3 is 0 Å². The normalized spacial score (nSPS) is 20.2. The van der Waals surface area contributed by atoms with Crippen LogP contribution in [0, 0.1) is 11.7 Å². The number of piperidine rings is 2. The van der Waals surface area contributed by atoms with Crippen LogP contribution in [-0.4, -0.2) is 53.8 Å². The zero-order chi connectivity index (χ0) is 18.5. The van der Waals surface area contributed by atoms with Gasteiger partial charge in [-0.05, 0) is 63.0 Å². The number of rotatable bonds is 4. The third-order valence-electron chi connectivity index (χ3n) is 5.65. The largest absolute Gasteiger partial charge is 0.343 e. The first kappa shape index (κ1) is 18.8. The van der Waals surface area contributed by atoms with Crippen LogP contribution in [-0.2, 0) is 9.59 Å². The van der Waals surface area contributed by atoms with Gasteiger partial charge in [0.1, 0.15) is 5.82 Å². The molecule has 2 amide bonds. The molecule has 3 rings (SSSR count). The maximum atomic E-state index is 12.9. The second kappa shape index (κ2) is 8.62. The summed E-state index contributed by atoms with van der Waals surface area (Å²) in [7, 11) is 0. The molecule has 0 saturated carbocycles. The molecule has 2 aliphatic rings. The van der Waals surface area contributed by atoms with Crippen LogP contribution in [0.4, 0.5) is 10.1 Å². The number of carbonyl (C=O) groups excluding carboxylic acids is 2. The molecule has 0 aromatic heterocycles. The van der Waals surface area contributed by atoms with Crippen molar-refractivity contribution < 1.29 is 14.0 Å². The predicted molar refractivity (Wildman–Crippen MR) is 99.2 cm³/mol. The Labute approximate surface area is 154 Å². The summed E-state index contributed by atoms with van der Waals surface area (Å²) in [6, 6.07) is 6.42. The van der Waals surface area contributed by atoms with Crippen LogP contribution in [0.15, 0.2) is 24.3 Å². The SMILES string of the molecule is CCC(=O)N1CCC(N2CCC(C(=O)Nc3ccc(F)cc3)CC2)CC1. The maximum Gasteiger partial charge on any atom is 0.227 e. The minimum absolute atomic E-state index is 0.0121. The van der Waals surface area contributed by atoms with E-state index in [-0.39, 0.29) is 23.5 Å². The quantitative estimate of drug-likeness (QED) is 0.897. The van der Waals surface area contributed by atoms with Gasteiger partial charge in [-0.15, -0.1) is 0 Å². The van der Waals surface area contributed by atoms with E-state index in [1.54, 1.807) is 12.1 Å². The Hall–Kier alpha value is -1.95. The third-order valence-corrected chi connectivity index (χ3v) is 5.65. The molecular weight excluding hydrogens is 333 g/mol. The van der Waals surface area contributed by atoms with Crippen molar-refractivity contribution >= 4 is 17.5 Å². The zero-order valence-corrected chi connectivity index (χ0v) is 15.4. The van der Waals surface area contributed by atoms with Crippen molar-refractivity contribution in [3.05, 3.63) is 30.1 Å². The Kier molecular flexibility index (Phi) is 6.25. The molecule has 0 unspecified atom stereocenters. The molecule has 6 heteroatoms. The minimum atomic E-state index is -0.303. The summed E-state index contributed by atoms with van der Waals surface area (Å²) in [6.07, 6.45) is 4.33. The van der Waals surface area contributed by atoms with Gasteiger partial charge in [0.15, 0.2) is 0 Å². The fourth-order valence-electron chi connectivity index (χ4n) is 4.01. The molecule has 1 N–H and O–H groups in total. The van der Waals surface area contributed by atoms with Crippen molar-refractivity contribution in [3.63, 3.8) is 0 Å². The summed E-state index contributed by atoms with van der Waals surface area (Å²) in [4.78, 5) is 28.7. The highest BCUT2D eigenvalue weighted by Crippen LogP contribution is 2.25. The monoisotopic (exact) mass is 361 g/mol. The Bertz CT molecular complexity index is 618. The summed E-state index contributed by atoms with van der Waals surface area (Å²) in [5, 5.41) is 2.89. The Morgan fingerprint density at radius 2 is 1.65 bits per heavy atom. The molecule has 0 radical (unpaired) electrons. The molecule has 2 fully saturated rings. The molecular formula is C20H28FN3O2. The van der Waals surface area contributed by atoms with Crippen molar-refractivity contribution in [3.8, 4) is 0 Å². The van der Waals surface area contributed by atoms with Gasteiger partial charge in [-0.1, -0.05) is 6.92 Å². The molecule has 1 aromatic carbocycles. The number of hydrogen-bond acceptors (Lipinski definition) is 3. The van der Waals surface area contributed by atoms with Gasteiger partial charge < -0.3 is 15.1 Å². The number of nitrogens with one attached hydrogen (secondary N) is 1. The maximum absolute atomic E-state index is 12.9. The van der Waals surface area contributed by atoms with E-state index in [1.165, 1.54) is 12.1 Å². The predicted octanol–water partition coefficient (Wildman–Crippen LogP) is 2.88. The van der Waals surface area contributed by atoms with Gasteiger partial charge in [-0.3, -0.25) is 9.59 Å². The third kappa shape index (κ3) is 4.61. The minimum Gasteiger partial charge on any atom is -0.343 e. The molecule has 2 heterocycles. The number of likely N-dealkylation sites (tertiary alicyclic amines) is 2. The van der Waals surface area contributed by atoms with Crippen molar-refractivity contribution in [1.82, 2.24) is 9.80 Å². The summed E-state index contributed by atoms with van der Waals surface area (Å²) in [5.74, 6) is -0.0136. The molecule has 0 spiro atoms. The summed E-state index contributed by atoms with van der Waals surface area (Å²) in [5.41, 5.74) is 0.645. The molecule has 2 aliphatic heterocycles.